The van der Waals surface area contributed by atoms with E-state index in [1.54, 1.807) is 0 Å². The first kappa shape index (κ1) is 15.1. The molecule has 0 aromatic heterocycles. The SMILES string of the molecule is NC(=O)c1ccc(N(CCO)CC(F)(F)F)c(N)c1. The Morgan fingerprint density at radius 3 is 2.42 bits per heavy atom. The molecule has 0 fully saturated rings. The van der Waals surface area contributed by atoms with E-state index in [4.69, 9.17) is 16.6 Å². The second-order valence-electron chi connectivity index (χ2n) is 3.90. The summed E-state index contributed by atoms with van der Waals surface area (Å²) >= 11 is 0. The number of hydrogen-bond acceptors (Lipinski definition) is 4. The number of nitrogens with two attached hydrogens (primary N) is 2. The van der Waals surface area contributed by atoms with Gasteiger partial charge in [-0.05, 0) is 18.2 Å². The van der Waals surface area contributed by atoms with E-state index in [9.17, 15) is 18.0 Å². The summed E-state index contributed by atoms with van der Waals surface area (Å²) in [7, 11) is 0. The average molecular weight is 277 g/mol. The van der Waals surface area contributed by atoms with Crippen molar-refractivity contribution < 1.29 is 23.1 Å². The highest BCUT2D eigenvalue weighted by Gasteiger charge is 2.31. The van der Waals surface area contributed by atoms with Gasteiger partial charge in [-0.2, -0.15) is 13.2 Å². The summed E-state index contributed by atoms with van der Waals surface area (Å²) in [6, 6.07) is 3.77. The van der Waals surface area contributed by atoms with E-state index in [-0.39, 0.29) is 23.5 Å². The van der Waals surface area contributed by atoms with Crippen LogP contribution in [-0.2, 0) is 0 Å². The number of carbonyl (C=O) groups is 1. The minimum absolute atomic E-state index is 0.00556. The summed E-state index contributed by atoms with van der Waals surface area (Å²) in [6.07, 6.45) is -4.43. The van der Waals surface area contributed by atoms with Crippen molar-refractivity contribution in [3.8, 4) is 0 Å². The Hall–Kier alpha value is -1.96. The number of aliphatic hydroxyl groups excluding tert-OH is 1. The maximum Gasteiger partial charge on any atom is 0.405 e. The molecule has 106 valence electrons. The maximum atomic E-state index is 12.4. The van der Waals surface area contributed by atoms with Crippen molar-refractivity contribution in [2.45, 2.75) is 6.18 Å². The van der Waals surface area contributed by atoms with Gasteiger partial charge in [0.2, 0.25) is 5.91 Å². The van der Waals surface area contributed by atoms with Gasteiger partial charge in [-0.3, -0.25) is 4.79 Å². The van der Waals surface area contributed by atoms with Crippen molar-refractivity contribution in [1.82, 2.24) is 0 Å². The minimum Gasteiger partial charge on any atom is -0.397 e. The van der Waals surface area contributed by atoms with Gasteiger partial charge in [0.1, 0.15) is 6.54 Å². The van der Waals surface area contributed by atoms with Gasteiger partial charge in [-0.1, -0.05) is 0 Å². The third-order valence-corrected chi connectivity index (χ3v) is 2.39. The fourth-order valence-electron chi connectivity index (χ4n) is 1.62. The van der Waals surface area contributed by atoms with Crippen molar-refractivity contribution in [3.05, 3.63) is 23.8 Å². The highest BCUT2D eigenvalue weighted by Crippen LogP contribution is 2.27. The van der Waals surface area contributed by atoms with Gasteiger partial charge in [0, 0.05) is 12.1 Å². The molecule has 1 aromatic rings. The van der Waals surface area contributed by atoms with Crippen LogP contribution >= 0.6 is 0 Å². The van der Waals surface area contributed by atoms with Crippen LogP contribution in [0.1, 0.15) is 10.4 Å². The molecular formula is C11H14F3N3O2. The van der Waals surface area contributed by atoms with Gasteiger partial charge in [0.05, 0.1) is 18.0 Å². The molecule has 1 amide bonds. The predicted molar refractivity (Wildman–Crippen MR) is 64.7 cm³/mol. The topological polar surface area (TPSA) is 92.6 Å². The Kier molecular flexibility index (Phi) is 4.60. The first-order chi connectivity index (χ1) is 8.74. The summed E-state index contributed by atoms with van der Waals surface area (Å²) in [4.78, 5) is 11.8. The molecule has 1 aromatic carbocycles. The van der Waals surface area contributed by atoms with Crippen molar-refractivity contribution in [2.24, 2.45) is 5.73 Å². The van der Waals surface area contributed by atoms with Crippen molar-refractivity contribution >= 4 is 17.3 Å². The highest BCUT2D eigenvalue weighted by atomic mass is 19.4. The van der Waals surface area contributed by atoms with E-state index >= 15 is 0 Å². The number of carbonyl (C=O) groups excluding carboxylic acids is 1. The van der Waals surface area contributed by atoms with E-state index in [1.807, 2.05) is 0 Å². The number of aliphatic hydroxyl groups is 1. The first-order valence-corrected chi connectivity index (χ1v) is 5.36. The molecule has 5 N–H and O–H groups in total. The fraction of sp³-hybridized carbons (Fsp3) is 0.364. The van der Waals surface area contributed by atoms with Crippen molar-refractivity contribution in [1.29, 1.82) is 0 Å². The number of nitrogen functional groups attached to an aromatic ring is 1. The van der Waals surface area contributed by atoms with E-state index in [2.05, 4.69) is 0 Å². The Bertz CT molecular complexity index is 463. The molecule has 0 heterocycles. The summed E-state index contributed by atoms with van der Waals surface area (Å²) in [5.74, 6) is -0.720. The quantitative estimate of drug-likeness (QED) is 0.692. The maximum absolute atomic E-state index is 12.4. The van der Waals surface area contributed by atoms with Crippen LogP contribution in [0.5, 0.6) is 0 Å². The van der Waals surface area contributed by atoms with Crippen molar-refractivity contribution in [2.75, 3.05) is 30.3 Å². The van der Waals surface area contributed by atoms with Gasteiger partial charge >= 0.3 is 6.18 Å². The number of benzene rings is 1. The zero-order valence-corrected chi connectivity index (χ0v) is 9.94. The molecule has 0 radical (unpaired) electrons. The van der Waals surface area contributed by atoms with Gasteiger partial charge in [0.25, 0.3) is 0 Å². The second kappa shape index (κ2) is 5.79. The molecule has 5 nitrogen and oxygen atoms in total. The van der Waals surface area contributed by atoms with Gasteiger partial charge in [-0.25, -0.2) is 0 Å². The van der Waals surface area contributed by atoms with Crippen LogP contribution in [0.4, 0.5) is 24.5 Å². The van der Waals surface area contributed by atoms with E-state index in [0.717, 1.165) is 4.90 Å². The minimum atomic E-state index is -4.43. The normalized spacial score (nSPS) is 11.4. The molecule has 0 saturated carbocycles. The Morgan fingerprint density at radius 1 is 1.37 bits per heavy atom. The number of halogens is 3. The van der Waals surface area contributed by atoms with E-state index < -0.39 is 25.2 Å². The van der Waals surface area contributed by atoms with Gasteiger partial charge in [-0.15, -0.1) is 0 Å². The molecule has 0 spiro atoms. The standard InChI is InChI=1S/C11H14F3N3O2/c12-11(13,14)6-17(3-4-18)9-2-1-7(10(16)19)5-8(9)15/h1-2,5,18H,3-4,6,15H2,(H2,16,19). The molecule has 8 heteroatoms. The highest BCUT2D eigenvalue weighted by molar-refractivity contribution is 5.94. The Labute approximate surface area is 107 Å². The van der Waals surface area contributed by atoms with Crippen LogP contribution in [0.25, 0.3) is 0 Å². The average Bonchev–Trinajstić information content (AvgIpc) is 2.26. The predicted octanol–water partition coefficient (Wildman–Crippen LogP) is 0.729. The van der Waals surface area contributed by atoms with Crippen molar-refractivity contribution in [3.63, 3.8) is 0 Å². The Morgan fingerprint density at radius 2 is 2.00 bits per heavy atom. The van der Waals surface area contributed by atoms with Gasteiger partial charge in [0.15, 0.2) is 0 Å². The summed E-state index contributed by atoms with van der Waals surface area (Å²) < 4.78 is 37.2. The molecule has 0 saturated heterocycles. The van der Waals surface area contributed by atoms with Crippen LogP contribution < -0.4 is 16.4 Å². The van der Waals surface area contributed by atoms with Crippen LogP contribution in [0.2, 0.25) is 0 Å². The Balaban J connectivity index is 3.06. The summed E-state index contributed by atoms with van der Waals surface area (Å²) in [6.45, 7) is -1.92. The molecule has 1 rings (SSSR count). The lowest BCUT2D eigenvalue weighted by molar-refractivity contribution is -0.119. The fourth-order valence-corrected chi connectivity index (χ4v) is 1.62. The monoisotopic (exact) mass is 277 g/mol. The summed E-state index contributed by atoms with van der Waals surface area (Å²) in [5, 5.41) is 8.80. The molecule has 0 aliphatic heterocycles. The first-order valence-electron chi connectivity index (χ1n) is 5.36. The van der Waals surface area contributed by atoms with E-state index in [0.29, 0.717) is 0 Å². The smallest absolute Gasteiger partial charge is 0.397 e. The largest absolute Gasteiger partial charge is 0.405 e. The summed E-state index contributed by atoms with van der Waals surface area (Å²) in [5.41, 5.74) is 10.8. The number of amides is 1. The molecule has 0 bridgehead atoms. The van der Waals surface area contributed by atoms with Crippen LogP contribution in [0, 0.1) is 0 Å². The molecule has 19 heavy (non-hydrogen) atoms. The lowest BCUT2D eigenvalue weighted by atomic mass is 10.1. The molecular weight excluding hydrogens is 263 g/mol. The molecule has 0 unspecified atom stereocenters. The zero-order chi connectivity index (χ0) is 14.6. The lowest BCUT2D eigenvalue weighted by Gasteiger charge is -2.26. The van der Waals surface area contributed by atoms with Crippen LogP contribution in [0.3, 0.4) is 0 Å². The van der Waals surface area contributed by atoms with E-state index in [1.165, 1.54) is 18.2 Å². The third-order valence-electron chi connectivity index (χ3n) is 2.39. The third kappa shape index (κ3) is 4.32. The number of anilines is 2. The molecule has 0 aliphatic rings. The number of alkyl halides is 3. The van der Waals surface area contributed by atoms with Gasteiger partial charge < -0.3 is 21.5 Å². The number of nitrogens with zero attached hydrogens (tertiary/aromatic N) is 1. The number of primary amides is 1. The lowest BCUT2D eigenvalue weighted by Crippen LogP contribution is -2.36. The van der Waals surface area contributed by atoms with Crippen LogP contribution in [-0.4, -0.2) is 36.9 Å². The second-order valence-corrected chi connectivity index (χ2v) is 3.90. The van der Waals surface area contributed by atoms with Crippen LogP contribution in [0.15, 0.2) is 18.2 Å². The number of rotatable bonds is 5. The number of hydrogen-bond donors (Lipinski definition) is 3. The zero-order valence-electron chi connectivity index (χ0n) is 9.94. The molecule has 0 aliphatic carbocycles. The molecule has 0 atom stereocenters.